The van der Waals surface area contributed by atoms with E-state index in [-0.39, 0.29) is 18.4 Å². The first-order valence-corrected chi connectivity index (χ1v) is 4.13. The summed E-state index contributed by atoms with van der Waals surface area (Å²) < 4.78 is 0. The van der Waals surface area contributed by atoms with E-state index >= 15 is 0 Å². The molecule has 0 spiro atoms. The fraction of sp³-hybridized carbons (Fsp3) is 0.250. The summed E-state index contributed by atoms with van der Waals surface area (Å²) in [6, 6.07) is 5.48. The fourth-order valence-corrected chi connectivity index (χ4v) is 1.03. The molecule has 0 saturated heterocycles. The number of nitriles is 2. The molecule has 0 amide bonds. The van der Waals surface area contributed by atoms with Crippen LogP contribution in [0, 0.1) is 22.7 Å². The molecule has 0 bridgehead atoms. The average molecular weight is 208 g/mol. The molecule has 0 aliphatic rings. The van der Waals surface area contributed by atoms with Gasteiger partial charge in [-0.2, -0.15) is 10.5 Å². The van der Waals surface area contributed by atoms with Crippen LogP contribution in [0.1, 0.15) is 0 Å². The first-order valence-electron chi connectivity index (χ1n) is 3.75. The van der Waals surface area contributed by atoms with Gasteiger partial charge in [0.25, 0.3) is 0 Å². The van der Waals surface area contributed by atoms with Gasteiger partial charge in [-0.25, -0.2) is 9.97 Å². The molecule has 1 heterocycles. The van der Waals surface area contributed by atoms with Gasteiger partial charge >= 0.3 is 0 Å². The molecule has 0 N–H and O–H groups in total. The molecule has 1 rings (SSSR count). The Morgan fingerprint density at radius 2 is 2.00 bits per heavy atom. The standard InChI is InChI=1S/C8H6ClN5/c9-8-12-4-1-7(13-8)14(5-2-10)6-3-11/h1,4H,5-6H2. The Morgan fingerprint density at radius 3 is 2.50 bits per heavy atom. The van der Waals surface area contributed by atoms with Crippen LogP contribution in [0.5, 0.6) is 0 Å². The third kappa shape index (κ3) is 2.58. The third-order valence-electron chi connectivity index (χ3n) is 1.46. The predicted octanol–water partition coefficient (Wildman–Crippen LogP) is 0.984. The second-order valence-electron chi connectivity index (χ2n) is 2.36. The van der Waals surface area contributed by atoms with E-state index in [2.05, 4.69) is 9.97 Å². The quantitative estimate of drug-likeness (QED) is 0.546. The summed E-state index contributed by atoms with van der Waals surface area (Å²) in [6.07, 6.45) is 1.48. The molecule has 5 nitrogen and oxygen atoms in total. The number of hydrogen-bond donors (Lipinski definition) is 0. The lowest BCUT2D eigenvalue weighted by Crippen LogP contribution is -2.24. The van der Waals surface area contributed by atoms with Crippen LogP contribution in [0.3, 0.4) is 0 Å². The van der Waals surface area contributed by atoms with Gasteiger partial charge in [0.15, 0.2) is 0 Å². The average Bonchev–Trinajstić information content (AvgIpc) is 2.17. The van der Waals surface area contributed by atoms with Crippen LogP contribution in [-0.2, 0) is 0 Å². The Labute approximate surface area is 86.2 Å². The van der Waals surface area contributed by atoms with Crippen molar-refractivity contribution in [3.63, 3.8) is 0 Å². The number of aromatic nitrogens is 2. The lowest BCUT2D eigenvalue weighted by atomic mass is 10.4. The maximum atomic E-state index is 8.52. The zero-order chi connectivity index (χ0) is 10.4. The van der Waals surface area contributed by atoms with E-state index in [0.29, 0.717) is 5.82 Å². The Hall–Kier alpha value is -1.85. The van der Waals surface area contributed by atoms with E-state index in [1.165, 1.54) is 11.1 Å². The predicted molar refractivity (Wildman–Crippen MR) is 50.5 cm³/mol. The lowest BCUT2D eigenvalue weighted by Gasteiger charge is -2.15. The molecule has 0 aliphatic carbocycles. The van der Waals surface area contributed by atoms with Crippen LogP contribution < -0.4 is 4.90 Å². The normalized spacial score (nSPS) is 8.79. The number of hydrogen-bond acceptors (Lipinski definition) is 5. The summed E-state index contributed by atoms with van der Waals surface area (Å²) in [4.78, 5) is 9.10. The van der Waals surface area contributed by atoms with Crippen LogP contribution >= 0.6 is 11.6 Å². The first-order chi connectivity index (χ1) is 6.77. The maximum Gasteiger partial charge on any atom is 0.224 e. The molecule has 0 radical (unpaired) electrons. The molecule has 0 saturated carbocycles. The summed E-state index contributed by atoms with van der Waals surface area (Å²) in [5, 5.41) is 17.1. The van der Waals surface area contributed by atoms with Crippen LogP contribution in [0.4, 0.5) is 5.82 Å². The first kappa shape index (κ1) is 10.2. The SMILES string of the molecule is N#CCN(CC#N)c1ccnc(Cl)n1. The second kappa shape index (κ2) is 5.00. The molecule has 1 aromatic heterocycles. The van der Waals surface area contributed by atoms with Crippen molar-refractivity contribution in [3.05, 3.63) is 17.5 Å². The van der Waals surface area contributed by atoms with Gasteiger partial charge in [-0.15, -0.1) is 0 Å². The Bertz CT molecular complexity index is 375. The number of halogens is 1. The minimum absolute atomic E-state index is 0.0981. The lowest BCUT2D eigenvalue weighted by molar-refractivity contribution is 0.926. The van der Waals surface area contributed by atoms with E-state index in [4.69, 9.17) is 22.1 Å². The zero-order valence-corrected chi connectivity index (χ0v) is 7.94. The zero-order valence-electron chi connectivity index (χ0n) is 7.18. The summed E-state index contributed by atoms with van der Waals surface area (Å²) in [7, 11) is 0. The molecule has 0 aromatic carbocycles. The summed E-state index contributed by atoms with van der Waals surface area (Å²) in [5.74, 6) is 0.480. The topological polar surface area (TPSA) is 76.6 Å². The summed E-state index contributed by atoms with van der Waals surface area (Å²) in [5.41, 5.74) is 0. The minimum atomic E-state index is 0.0981. The van der Waals surface area contributed by atoms with E-state index in [1.54, 1.807) is 6.07 Å². The van der Waals surface area contributed by atoms with Crippen molar-refractivity contribution in [1.29, 1.82) is 10.5 Å². The molecule has 14 heavy (non-hydrogen) atoms. The highest BCUT2D eigenvalue weighted by molar-refractivity contribution is 6.28. The van der Waals surface area contributed by atoms with Gasteiger partial charge in [-0.05, 0) is 17.7 Å². The highest BCUT2D eigenvalue weighted by Gasteiger charge is 2.06. The monoisotopic (exact) mass is 207 g/mol. The van der Waals surface area contributed by atoms with Crippen LogP contribution in [0.15, 0.2) is 12.3 Å². The Kier molecular flexibility index (Phi) is 3.66. The fourth-order valence-electron chi connectivity index (χ4n) is 0.891. The van der Waals surface area contributed by atoms with Crippen molar-refractivity contribution in [1.82, 2.24) is 9.97 Å². The van der Waals surface area contributed by atoms with Gasteiger partial charge < -0.3 is 4.90 Å². The van der Waals surface area contributed by atoms with Gasteiger partial charge in [0, 0.05) is 6.20 Å². The van der Waals surface area contributed by atoms with Crippen molar-refractivity contribution >= 4 is 17.4 Å². The van der Waals surface area contributed by atoms with Crippen molar-refractivity contribution < 1.29 is 0 Å². The van der Waals surface area contributed by atoms with E-state index in [1.807, 2.05) is 12.1 Å². The van der Waals surface area contributed by atoms with Gasteiger partial charge in [0.2, 0.25) is 5.28 Å². The van der Waals surface area contributed by atoms with Crippen molar-refractivity contribution in [2.75, 3.05) is 18.0 Å². The van der Waals surface area contributed by atoms with E-state index in [9.17, 15) is 0 Å². The molecule has 0 atom stereocenters. The second-order valence-corrected chi connectivity index (χ2v) is 2.69. The maximum absolute atomic E-state index is 8.52. The highest BCUT2D eigenvalue weighted by atomic mass is 35.5. The van der Waals surface area contributed by atoms with Crippen molar-refractivity contribution in [2.45, 2.75) is 0 Å². The smallest absolute Gasteiger partial charge is 0.224 e. The van der Waals surface area contributed by atoms with Crippen LogP contribution in [0.2, 0.25) is 5.28 Å². The summed E-state index contributed by atoms with van der Waals surface area (Å²) in [6.45, 7) is 0.196. The van der Waals surface area contributed by atoms with E-state index < -0.39 is 0 Å². The van der Waals surface area contributed by atoms with Gasteiger partial charge in [0.1, 0.15) is 18.9 Å². The molecule has 6 heteroatoms. The largest absolute Gasteiger partial charge is 0.330 e. The number of nitrogens with zero attached hydrogens (tertiary/aromatic N) is 5. The number of anilines is 1. The third-order valence-corrected chi connectivity index (χ3v) is 1.64. The Morgan fingerprint density at radius 1 is 1.36 bits per heavy atom. The molecule has 0 unspecified atom stereocenters. The molecular formula is C8H6ClN5. The van der Waals surface area contributed by atoms with Crippen molar-refractivity contribution in [2.24, 2.45) is 0 Å². The molecule has 0 fully saturated rings. The van der Waals surface area contributed by atoms with Gasteiger partial charge in [0.05, 0.1) is 12.1 Å². The van der Waals surface area contributed by atoms with Crippen LogP contribution in [-0.4, -0.2) is 23.1 Å². The Balaban J connectivity index is 2.89. The highest BCUT2D eigenvalue weighted by Crippen LogP contribution is 2.11. The number of rotatable bonds is 3. The van der Waals surface area contributed by atoms with Crippen molar-refractivity contribution in [3.8, 4) is 12.1 Å². The van der Waals surface area contributed by atoms with E-state index in [0.717, 1.165) is 0 Å². The van der Waals surface area contributed by atoms with Crippen LogP contribution in [0.25, 0.3) is 0 Å². The van der Waals surface area contributed by atoms with Gasteiger partial charge in [-0.1, -0.05) is 0 Å². The summed E-state index contributed by atoms with van der Waals surface area (Å²) >= 11 is 5.57. The molecule has 0 aliphatic heterocycles. The molecule has 70 valence electrons. The molecule has 1 aromatic rings. The minimum Gasteiger partial charge on any atom is -0.330 e. The molecular weight excluding hydrogens is 202 g/mol. The van der Waals surface area contributed by atoms with Gasteiger partial charge in [-0.3, -0.25) is 0 Å².